The Hall–Kier alpha value is -0.610. The van der Waals surface area contributed by atoms with Gasteiger partial charge in [-0.15, -0.1) is 0 Å². The van der Waals surface area contributed by atoms with Crippen molar-refractivity contribution >= 4 is 5.97 Å². The van der Waals surface area contributed by atoms with E-state index in [1.807, 2.05) is 6.92 Å². The van der Waals surface area contributed by atoms with Crippen LogP contribution in [0.1, 0.15) is 39.0 Å². The highest BCUT2D eigenvalue weighted by Gasteiger charge is 2.23. The number of aliphatic hydroxyl groups excluding tert-OH is 1. The first kappa shape index (κ1) is 12.5. The molecule has 0 aromatic carbocycles. The molecule has 0 aromatic heterocycles. The summed E-state index contributed by atoms with van der Waals surface area (Å²) >= 11 is 0. The lowest BCUT2D eigenvalue weighted by atomic mass is 10.2. The van der Waals surface area contributed by atoms with Gasteiger partial charge in [0.15, 0.2) is 0 Å². The van der Waals surface area contributed by atoms with E-state index in [1.54, 1.807) is 0 Å². The summed E-state index contributed by atoms with van der Waals surface area (Å²) < 4.78 is 4.82. The molecular formula is C11H21NO3. The van der Waals surface area contributed by atoms with Crippen LogP contribution in [-0.4, -0.2) is 36.4 Å². The minimum atomic E-state index is -0.201. The van der Waals surface area contributed by atoms with Crippen molar-refractivity contribution in [3.8, 4) is 0 Å². The molecule has 4 nitrogen and oxygen atoms in total. The first-order chi connectivity index (χ1) is 7.24. The predicted molar refractivity (Wildman–Crippen MR) is 57.5 cm³/mol. The molecule has 0 bridgehead atoms. The normalized spacial score (nSPS) is 25.5. The standard InChI is InChI=1S/C11H21NO3/c1-2-15-11(14)7-4-8-12-9-5-3-6-10(9)13/h9-10,12-13H,2-8H2,1H3. The van der Waals surface area contributed by atoms with E-state index in [0.717, 1.165) is 32.2 Å². The third kappa shape index (κ3) is 4.62. The van der Waals surface area contributed by atoms with Gasteiger partial charge in [-0.25, -0.2) is 0 Å². The second kappa shape index (κ2) is 6.80. The van der Waals surface area contributed by atoms with Crippen molar-refractivity contribution in [3.05, 3.63) is 0 Å². The lowest BCUT2D eigenvalue weighted by Crippen LogP contribution is -2.36. The number of aliphatic hydroxyl groups is 1. The average molecular weight is 215 g/mol. The molecule has 15 heavy (non-hydrogen) atoms. The van der Waals surface area contributed by atoms with Gasteiger partial charge in [-0.2, -0.15) is 0 Å². The van der Waals surface area contributed by atoms with Crippen LogP contribution in [0.15, 0.2) is 0 Å². The number of ether oxygens (including phenoxy) is 1. The van der Waals surface area contributed by atoms with Gasteiger partial charge in [-0.05, 0) is 39.2 Å². The third-order valence-electron chi connectivity index (χ3n) is 2.75. The fourth-order valence-electron chi connectivity index (χ4n) is 1.93. The number of hydrogen-bond donors (Lipinski definition) is 2. The smallest absolute Gasteiger partial charge is 0.305 e. The van der Waals surface area contributed by atoms with Gasteiger partial charge in [-0.3, -0.25) is 4.79 Å². The summed E-state index contributed by atoms with van der Waals surface area (Å²) in [5.74, 6) is -0.133. The van der Waals surface area contributed by atoms with Crippen molar-refractivity contribution in [2.75, 3.05) is 13.2 Å². The molecule has 1 fully saturated rings. The number of esters is 1. The third-order valence-corrected chi connectivity index (χ3v) is 2.75. The molecule has 0 heterocycles. The van der Waals surface area contributed by atoms with E-state index in [4.69, 9.17) is 4.74 Å². The minimum absolute atomic E-state index is 0.133. The Morgan fingerprint density at radius 1 is 1.53 bits per heavy atom. The molecule has 1 saturated carbocycles. The molecule has 2 unspecified atom stereocenters. The van der Waals surface area contributed by atoms with E-state index in [0.29, 0.717) is 13.0 Å². The minimum Gasteiger partial charge on any atom is -0.466 e. The Morgan fingerprint density at radius 3 is 2.93 bits per heavy atom. The Balaban J connectivity index is 1.99. The molecule has 0 saturated heterocycles. The topological polar surface area (TPSA) is 58.6 Å². The largest absolute Gasteiger partial charge is 0.466 e. The van der Waals surface area contributed by atoms with Gasteiger partial charge in [0.05, 0.1) is 12.7 Å². The molecule has 0 amide bonds. The molecule has 0 radical (unpaired) electrons. The Morgan fingerprint density at radius 2 is 2.33 bits per heavy atom. The van der Waals surface area contributed by atoms with Crippen LogP contribution in [0.3, 0.4) is 0 Å². The van der Waals surface area contributed by atoms with Crippen LogP contribution in [0, 0.1) is 0 Å². The Labute approximate surface area is 91.0 Å². The van der Waals surface area contributed by atoms with E-state index >= 15 is 0 Å². The van der Waals surface area contributed by atoms with Crippen molar-refractivity contribution in [2.24, 2.45) is 0 Å². The van der Waals surface area contributed by atoms with Crippen LogP contribution < -0.4 is 5.32 Å². The number of nitrogens with one attached hydrogen (secondary N) is 1. The predicted octanol–water partition coefficient (Wildman–Crippen LogP) is 0.833. The zero-order valence-corrected chi connectivity index (χ0v) is 9.37. The number of carbonyl (C=O) groups excluding carboxylic acids is 1. The zero-order valence-electron chi connectivity index (χ0n) is 9.37. The lowest BCUT2D eigenvalue weighted by molar-refractivity contribution is -0.143. The summed E-state index contributed by atoms with van der Waals surface area (Å²) in [5.41, 5.74) is 0. The van der Waals surface area contributed by atoms with Gasteiger partial charge in [0.25, 0.3) is 0 Å². The lowest BCUT2D eigenvalue weighted by Gasteiger charge is -2.15. The second-order valence-corrected chi connectivity index (χ2v) is 3.97. The van der Waals surface area contributed by atoms with Gasteiger partial charge in [0, 0.05) is 12.5 Å². The molecule has 0 aromatic rings. The van der Waals surface area contributed by atoms with Gasteiger partial charge < -0.3 is 15.2 Å². The Kier molecular flexibility index (Phi) is 5.65. The van der Waals surface area contributed by atoms with E-state index < -0.39 is 0 Å². The number of hydrogen-bond acceptors (Lipinski definition) is 4. The summed E-state index contributed by atoms with van der Waals surface area (Å²) in [6.45, 7) is 3.04. The van der Waals surface area contributed by atoms with Crippen LogP contribution in [0.25, 0.3) is 0 Å². The summed E-state index contributed by atoms with van der Waals surface area (Å²) in [7, 11) is 0. The maximum atomic E-state index is 11.0. The summed E-state index contributed by atoms with van der Waals surface area (Å²) in [5, 5.41) is 12.8. The molecule has 0 aliphatic heterocycles. The first-order valence-electron chi connectivity index (χ1n) is 5.81. The van der Waals surface area contributed by atoms with E-state index in [2.05, 4.69) is 5.32 Å². The second-order valence-electron chi connectivity index (χ2n) is 3.97. The SMILES string of the molecule is CCOC(=O)CCCNC1CCCC1O. The first-order valence-corrected chi connectivity index (χ1v) is 5.81. The molecule has 1 aliphatic rings. The van der Waals surface area contributed by atoms with Crippen LogP contribution in [0.2, 0.25) is 0 Å². The molecule has 4 heteroatoms. The molecule has 2 atom stereocenters. The molecule has 1 rings (SSSR count). The monoisotopic (exact) mass is 215 g/mol. The number of carbonyl (C=O) groups is 1. The quantitative estimate of drug-likeness (QED) is 0.509. The van der Waals surface area contributed by atoms with E-state index in [9.17, 15) is 9.90 Å². The van der Waals surface area contributed by atoms with Crippen molar-refractivity contribution in [2.45, 2.75) is 51.2 Å². The van der Waals surface area contributed by atoms with Crippen molar-refractivity contribution in [1.29, 1.82) is 0 Å². The highest BCUT2D eigenvalue weighted by molar-refractivity contribution is 5.69. The van der Waals surface area contributed by atoms with Crippen molar-refractivity contribution in [1.82, 2.24) is 5.32 Å². The molecular weight excluding hydrogens is 194 g/mol. The molecule has 2 N–H and O–H groups in total. The van der Waals surface area contributed by atoms with E-state index in [-0.39, 0.29) is 18.1 Å². The fourth-order valence-corrected chi connectivity index (χ4v) is 1.93. The van der Waals surface area contributed by atoms with Crippen LogP contribution in [0.4, 0.5) is 0 Å². The molecule has 88 valence electrons. The Bertz CT molecular complexity index is 196. The zero-order chi connectivity index (χ0) is 11.1. The van der Waals surface area contributed by atoms with Gasteiger partial charge in [0.1, 0.15) is 0 Å². The molecule has 1 aliphatic carbocycles. The van der Waals surface area contributed by atoms with Gasteiger partial charge >= 0.3 is 5.97 Å². The number of rotatable bonds is 6. The highest BCUT2D eigenvalue weighted by Crippen LogP contribution is 2.18. The summed E-state index contributed by atoms with van der Waals surface area (Å²) in [6.07, 6.45) is 4.08. The molecule has 0 spiro atoms. The highest BCUT2D eigenvalue weighted by atomic mass is 16.5. The van der Waals surface area contributed by atoms with Crippen LogP contribution >= 0.6 is 0 Å². The van der Waals surface area contributed by atoms with Gasteiger partial charge in [0.2, 0.25) is 0 Å². The average Bonchev–Trinajstić information content (AvgIpc) is 2.60. The maximum absolute atomic E-state index is 11.0. The summed E-state index contributed by atoms with van der Waals surface area (Å²) in [4.78, 5) is 11.0. The van der Waals surface area contributed by atoms with Crippen molar-refractivity contribution in [3.63, 3.8) is 0 Å². The van der Waals surface area contributed by atoms with Crippen LogP contribution in [0.5, 0.6) is 0 Å². The fraction of sp³-hybridized carbons (Fsp3) is 0.909. The maximum Gasteiger partial charge on any atom is 0.305 e. The van der Waals surface area contributed by atoms with Crippen molar-refractivity contribution < 1.29 is 14.6 Å². The summed E-state index contributed by atoms with van der Waals surface area (Å²) in [6, 6.07) is 0.229. The van der Waals surface area contributed by atoms with E-state index in [1.165, 1.54) is 0 Å². The van der Waals surface area contributed by atoms with Crippen LogP contribution in [-0.2, 0) is 9.53 Å². The van der Waals surface area contributed by atoms with Gasteiger partial charge in [-0.1, -0.05) is 0 Å².